The van der Waals surface area contributed by atoms with Crippen molar-refractivity contribution in [2.24, 2.45) is 5.92 Å². The van der Waals surface area contributed by atoms with Crippen molar-refractivity contribution in [3.8, 4) is 0 Å². The van der Waals surface area contributed by atoms with Gasteiger partial charge in [0.25, 0.3) is 5.91 Å². The third-order valence-electron chi connectivity index (χ3n) is 4.29. The lowest BCUT2D eigenvalue weighted by atomic mass is 10.0. The maximum atomic E-state index is 12.5. The number of urea groups is 1. The highest BCUT2D eigenvalue weighted by Crippen LogP contribution is 2.23. The first-order chi connectivity index (χ1) is 11.0. The molecule has 1 unspecified atom stereocenters. The first-order valence-electron chi connectivity index (χ1n) is 7.97. The van der Waals surface area contributed by atoms with E-state index in [0.717, 1.165) is 17.7 Å². The summed E-state index contributed by atoms with van der Waals surface area (Å²) < 4.78 is 5.36. The second-order valence-electron chi connectivity index (χ2n) is 6.52. The molecule has 0 bridgehead atoms. The molecule has 3 amide bonds. The van der Waals surface area contributed by atoms with E-state index in [1.807, 2.05) is 13.8 Å². The van der Waals surface area contributed by atoms with Gasteiger partial charge in [0.15, 0.2) is 0 Å². The van der Waals surface area contributed by atoms with Gasteiger partial charge in [0.05, 0.1) is 25.5 Å². The summed E-state index contributed by atoms with van der Waals surface area (Å²) in [7, 11) is 1.68. The molecule has 1 atom stereocenters. The molecule has 0 N–H and O–H groups in total. The number of aromatic nitrogens is 2. The summed E-state index contributed by atoms with van der Waals surface area (Å²) in [5.74, 6) is 0.695. The number of rotatable bonds is 4. The number of ether oxygens (including phenoxy) is 1. The van der Waals surface area contributed by atoms with Gasteiger partial charge < -0.3 is 9.64 Å². The van der Waals surface area contributed by atoms with Crippen LogP contribution in [0, 0.1) is 5.92 Å². The van der Waals surface area contributed by atoms with Gasteiger partial charge in [0.1, 0.15) is 11.9 Å². The molecule has 1 aromatic rings. The van der Waals surface area contributed by atoms with Crippen LogP contribution in [0.1, 0.15) is 37.4 Å². The Morgan fingerprint density at radius 3 is 2.91 bits per heavy atom. The molecule has 0 spiro atoms. The molecule has 124 valence electrons. The van der Waals surface area contributed by atoms with E-state index in [0.29, 0.717) is 31.4 Å². The van der Waals surface area contributed by atoms with E-state index in [4.69, 9.17) is 4.74 Å². The minimum Gasteiger partial charge on any atom is -0.376 e. The molecule has 1 saturated heterocycles. The lowest BCUT2D eigenvalue weighted by Crippen LogP contribution is -2.32. The Morgan fingerprint density at radius 2 is 2.17 bits per heavy atom. The lowest BCUT2D eigenvalue weighted by molar-refractivity contribution is -0.129. The van der Waals surface area contributed by atoms with Crippen LogP contribution < -0.4 is 0 Å². The van der Waals surface area contributed by atoms with Crippen molar-refractivity contribution in [2.45, 2.75) is 45.9 Å². The minimum atomic E-state index is -0.381. The van der Waals surface area contributed by atoms with E-state index >= 15 is 0 Å². The number of nitrogens with zero attached hydrogens (tertiary/aromatic N) is 4. The van der Waals surface area contributed by atoms with E-state index < -0.39 is 0 Å². The van der Waals surface area contributed by atoms with Crippen LogP contribution in [-0.4, -0.2) is 51.4 Å². The zero-order valence-corrected chi connectivity index (χ0v) is 13.8. The number of carbonyl (C=O) groups excluding carboxylic acids is 2. The smallest absolute Gasteiger partial charge is 0.327 e. The zero-order valence-electron chi connectivity index (χ0n) is 13.8. The van der Waals surface area contributed by atoms with E-state index in [9.17, 15) is 9.59 Å². The maximum Gasteiger partial charge on any atom is 0.327 e. The molecule has 0 saturated carbocycles. The third kappa shape index (κ3) is 3.06. The predicted molar refractivity (Wildman–Crippen MR) is 82.3 cm³/mol. The zero-order chi connectivity index (χ0) is 16.6. The Labute approximate surface area is 135 Å². The summed E-state index contributed by atoms with van der Waals surface area (Å²) in [6.45, 7) is 5.39. The van der Waals surface area contributed by atoms with Crippen molar-refractivity contribution >= 4 is 11.9 Å². The molecule has 0 aliphatic carbocycles. The summed E-state index contributed by atoms with van der Waals surface area (Å²) in [6.07, 6.45) is 3.14. The molecular weight excluding hydrogens is 296 g/mol. The molecule has 7 nitrogen and oxygen atoms in total. The third-order valence-corrected chi connectivity index (χ3v) is 4.29. The van der Waals surface area contributed by atoms with Crippen LogP contribution in [0.2, 0.25) is 0 Å². The van der Waals surface area contributed by atoms with Gasteiger partial charge in [-0.15, -0.1) is 0 Å². The second-order valence-corrected chi connectivity index (χ2v) is 6.52. The van der Waals surface area contributed by atoms with E-state index in [1.54, 1.807) is 13.2 Å². The molecule has 2 aliphatic heterocycles. The molecule has 1 fully saturated rings. The molecule has 0 aromatic carbocycles. The van der Waals surface area contributed by atoms with Crippen LogP contribution in [0.15, 0.2) is 6.20 Å². The highest BCUT2D eigenvalue weighted by Gasteiger charge is 2.43. The van der Waals surface area contributed by atoms with Crippen LogP contribution in [0.4, 0.5) is 4.79 Å². The van der Waals surface area contributed by atoms with Gasteiger partial charge in [-0.3, -0.25) is 9.69 Å². The van der Waals surface area contributed by atoms with Crippen molar-refractivity contribution < 1.29 is 14.3 Å². The number of likely N-dealkylation sites (N-methyl/N-ethyl adjacent to an activating group) is 1. The highest BCUT2D eigenvalue weighted by molar-refractivity contribution is 6.03. The quantitative estimate of drug-likeness (QED) is 0.784. The fourth-order valence-corrected chi connectivity index (χ4v) is 3.00. The van der Waals surface area contributed by atoms with Crippen LogP contribution in [0.25, 0.3) is 0 Å². The molecule has 7 heteroatoms. The fraction of sp³-hybridized carbons (Fsp3) is 0.625. The first kappa shape index (κ1) is 15.9. The van der Waals surface area contributed by atoms with Crippen molar-refractivity contribution in [1.82, 2.24) is 19.8 Å². The predicted octanol–water partition coefficient (Wildman–Crippen LogP) is 1.36. The van der Waals surface area contributed by atoms with Gasteiger partial charge in [0.2, 0.25) is 0 Å². The monoisotopic (exact) mass is 318 g/mol. The fourth-order valence-electron chi connectivity index (χ4n) is 3.00. The first-order valence-corrected chi connectivity index (χ1v) is 7.97. The number of carbonyl (C=O) groups is 2. The number of imide groups is 1. The average molecular weight is 318 g/mol. The minimum absolute atomic E-state index is 0.130. The lowest BCUT2D eigenvalue weighted by Gasteiger charge is -2.17. The van der Waals surface area contributed by atoms with Crippen molar-refractivity contribution in [3.63, 3.8) is 0 Å². The largest absolute Gasteiger partial charge is 0.376 e. The molecule has 23 heavy (non-hydrogen) atoms. The van der Waals surface area contributed by atoms with Crippen LogP contribution >= 0.6 is 0 Å². The summed E-state index contributed by atoms with van der Waals surface area (Å²) in [4.78, 5) is 36.5. The SMILES string of the molecule is CC(C)CC1C(=O)N(Cc2ncc3c(n2)CCOC3)C(=O)N1C. The Morgan fingerprint density at radius 1 is 1.39 bits per heavy atom. The Bertz CT molecular complexity index is 632. The van der Waals surface area contributed by atoms with E-state index in [1.165, 1.54) is 9.80 Å². The highest BCUT2D eigenvalue weighted by atomic mass is 16.5. The van der Waals surface area contributed by atoms with Crippen LogP contribution in [-0.2, 0) is 29.1 Å². The van der Waals surface area contributed by atoms with Gasteiger partial charge in [-0.1, -0.05) is 13.8 Å². The molecule has 3 rings (SSSR count). The number of hydrogen-bond acceptors (Lipinski definition) is 5. The molecule has 2 aliphatic rings. The molecular formula is C16H22N4O3. The summed E-state index contributed by atoms with van der Waals surface area (Å²) in [6, 6.07) is -0.654. The second kappa shape index (κ2) is 6.23. The molecule has 1 aromatic heterocycles. The van der Waals surface area contributed by atoms with Crippen LogP contribution in [0.5, 0.6) is 0 Å². The van der Waals surface area contributed by atoms with E-state index in [-0.39, 0.29) is 24.5 Å². The van der Waals surface area contributed by atoms with Gasteiger partial charge in [-0.25, -0.2) is 14.8 Å². The van der Waals surface area contributed by atoms with Gasteiger partial charge in [-0.05, 0) is 12.3 Å². The maximum absolute atomic E-state index is 12.5. The number of fused-ring (bicyclic) bond motifs is 1. The van der Waals surface area contributed by atoms with Crippen LogP contribution in [0.3, 0.4) is 0 Å². The van der Waals surface area contributed by atoms with Gasteiger partial charge >= 0.3 is 6.03 Å². The van der Waals surface area contributed by atoms with Gasteiger partial charge in [-0.2, -0.15) is 0 Å². The summed E-state index contributed by atoms with van der Waals surface area (Å²) >= 11 is 0. The van der Waals surface area contributed by atoms with Crippen molar-refractivity contribution in [3.05, 3.63) is 23.3 Å². The Balaban J connectivity index is 1.77. The normalized spacial score (nSPS) is 21.3. The average Bonchev–Trinajstić information content (AvgIpc) is 2.72. The summed E-state index contributed by atoms with van der Waals surface area (Å²) in [5, 5.41) is 0. The Hall–Kier alpha value is -2.02. The summed E-state index contributed by atoms with van der Waals surface area (Å²) in [5.41, 5.74) is 1.93. The molecule has 0 radical (unpaired) electrons. The Kier molecular flexibility index (Phi) is 4.30. The molecule has 3 heterocycles. The van der Waals surface area contributed by atoms with Crippen molar-refractivity contribution in [2.75, 3.05) is 13.7 Å². The van der Waals surface area contributed by atoms with E-state index in [2.05, 4.69) is 9.97 Å². The van der Waals surface area contributed by atoms with Gasteiger partial charge in [0, 0.05) is 25.2 Å². The van der Waals surface area contributed by atoms with Crippen molar-refractivity contribution in [1.29, 1.82) is 0 Å². The standard InChI is InChI=1S/C16H22N4O3/c1-10(2)6-13-15(21)20(16(22)19(13)3)8-14-17-7-11-9-23-5-4-12(11)18-14/h7,10,13H,4-6,8-9H2,1-3H3. The number of hydrogen-bond donors (Lipinski definition) is 0. The number of amides is 3. The topological polar surface area (TPSA) is 75.6 Å².